The molecule has 12 heavy (non-hydrogen) atoms. The molecule has 0 amide bonds. The van der Waals surface area contributed by atoms with E-state index in [1.165, 1.54) is 6.42 Å². The van der Waals surface area contributed by atoms with E-state index in [1.54, 1.807) is 0 Å². The van der Waals surface area contributed by atoms with E-state index in [0.717, 1.165) is 0 Å². The van der Waals surface area contributed by atoms with E-state index >= 15 is 0 Å². The lowest BCUT2D eigenvalue weighted by Crippen LogP contribution is -2.40. The molecule has 0 saturated carbocycles. The monoisotopic (exact) mass is 172 g/mol. The maximum absolute atomic E-state index is 5.39. The zero-order valence-electron chi connectivity index (χ0n) is 8.42. The molecule has 0 aromatic carbocycles. The first-order valence-corrected chi connectivity index (χ1v) is 4.82. The summed E-state index contributed by atoms with van der Waals surface area (Å²) in [6.45, 7) is 8.71. The molecule has 3 heteroatoms. The molecule has 0 aliphatic carbocycles. The van der Waals surface area contributed by atoms with Crippen LogP contribution in [0.1, 0.15) is 34.1 Å². The lowest BCUT2D eigenvalue weighted by molar-refractivity contribution is -0.00479. The van der Waals surface area contributed by atoms with E-state index in [0.29, 0.717) is 18.0 Å². The van der Waals surface area contributed by atoms with Crippen molar-refractivity contribution in [1.82, 2.24) is 10.8 Å². The van der Waals surface area contributed by atoms with Crippen molar-refractivity contribution in [3.05, 3.63) is 0 Å². The van der Waals surface area contributed by atoms with Crippen molar-refractivity contribution in [3.63, 3.8) is 0 Å². The summed E-state index contributed by atoms with van der Waals surface area (Å²) < 4.78 is 0. The summed E-state index contributed by atoms with van der Waals surface area (Å²) in [5.74, 6) is 1.14. The van der Waals surface area contributed by atoms with Crippen LogP contribution in [0.3, 0.4) is 0 Å². The van der Waals surface area contributed by atoms with Gasteiger partial charge in [-0.2, -0.15) is 5.48 Å². The molecule has 1 fully saturated rings. The molecule has 0 radical (unpaired) electrons. The van der Waals surface area contributed by atoms with Gasteiger partial charge >= 0.3 is 0 Å². The van der Waals surface area contributed by atoms with Gasteiger partial charge in [0.05, 0.1) is 6.17 Å². The fraction of sp³-hybridized carbons (Fsp3) is 1.00. The van der Waals surface area contributed by atoms with Gasteiger partial charge in [-0.05, 0) is 11.8 Å². The Morgan fingerprint density at radius 1 is 1.33 bits per heavy atom. The second-order valence-corrected chi connectivity index (χ2v) is 3.93. The van der Waals surface area contributed by atoms with Crippen LogP contribution >= 0.6 is 0 Å². The predicted octanol–water partition coefficient (Wildman–Crippen LogP) is 1.47. The van der Waals surface area contributed by atoms with Crippen molar-refractivity contribution in [2.24, 2.45) is 11.8 Å². The van der Waals surface area contributed by atoms with Crippen LogP contribution in [-0.4, -0.2) is 12.4 Å². The van der Waals surface area contributed by atoms with Crippen molar-refractivity contribution in [2.75, 3.05) is 0 Å². The summed E-state index contributed by atoms with van der Waals surface area (Å²) in [6, 6.07) is 0. The largest absolute Gasteiger partial charge is 0.281 e. The van der Waals surface area contributed by atoms with E-state index in [4.69, 9.17) is 4.84 Å². The van der Waals surface area contributed by atoms with E-state index in [2.05, 4.69) is 38.5 Å². The van der Waals surface area contributed by atoms with Gasteiger partial charge in [0.2, 0.25) is 0 Å². The zero-order valence-corrected chi connectivity index (χ0v) is 8.42. The van der Waals surface area contributed by atoms with E-state index in [1.807, 2.05) is 0 Å². The van der Waals surface area contributed by atoms with Gasteiger partial charge < -0.3 is 0 Å². The minimum absolute atomic E-state index is 0.170. The highest BCUT2D eigenvalue weighted by atomic mass is 16.7. The van der Waals surface area contributed by atoms with Crippen molar-refractivity contribution in [1.29, 1.82) is 0 Å². The Labute approximate surface area is 74.8 Å². The molecule has 1 saturated heterocycles. The smallest absolute Gasteiger partial charge is 0.133 e. The number of nitrogens with one attached hydrogen (secondary N) is 2. The Kier molecular flexibility index (Phi) is 3.50. The lowest BCUT2D eigenvalue weighted by atomic mass is 10.1. The molecule has 1 aliphatic rings. The van der Waals surface area contributed by atoms with Crippen molar-refractivity contribution in [2.45, 2.75) is 46.5 Å². The molecular weight excluding hydrogens is 152 g/mol. The summed E-state index contributed by atoms with van der Waals surface area (Å²) in [6.07, 6.45) is 1.66. The minimum Gasteiger partial charge on any atom is -0.281 e. The van der Waals surface area contributed by atoms with Crippen LogP contribution < -0.4 is 10.8 Å². The van der Waals surface area contributed by atoms with Crippen LogP contribution in [0.4, 0.5) is 0 Å². The van der Waals surface area contributed by atoms with Crippen molar-refractivity contribution in [3.8, 4) is 0 Å². The summed E-state index contributed by atoms with van der Waals surface area (Å²) in [5.41, 5.74) is 3.03. The first-order chi connectivity index (χ1) is 5.65. The molecule has 0 bridgehead atoms. The van der Waals surface area contributed by atoms with Gasteiger partial charge in [-0.1, -0.05) is 34.1 Å². The molecule has 0 aromatic rings. The minimum atomic E-state index is 0.170. The molecule has 1 aliphatic heterocycles. The van der Waals surface area contributed by atoms with Crippen LogP contribution in [0.25, 0.3) is 0 Å². The highest BCUT2D eigenvalue weighted by molar-refractivity contribution is 4.75. The average Bonchev–Trinajstić information content (AvgIpc) is 2.51. The second kappa shape index (κ2) is 4.21. The molecular formula is C9H20N2O. The van der Waals surface area contributed by atoms with Gasteiger partial charge in [-0.25, -0.2) is 0 Å². The van der Waals surface area contributed by atoms with Crippen molar-refractivity contribution < 1.29 is 4.84 Å². The third-order valence-electron chi connectivity index (χ3n) is 2.48. The Morgan fingerprint density at radius 2 is 2.00 bits per heavy atom. The topological polar surface area (TPSA) is 33.3 Å². The second-order valence-electron chi connectivity index (χ2n) is 3.93. The van der Waals surface area contributed by atoms with Gasteiger partial charge in [0.15, 0.2) is 0 Å². The Balaban J connectivity index is 2.35. The molecule has 3 nitrogen and oxygen atoms in total. The van der Waals surface area contributed by atoms with Gasteiger partial charge in [-0.3, -0.25) is 10.2 Å². The van der Waals surface area contributed by atoms with E-state index in [-0.39, 0.29) is 6.23 Å². The molecule has 1 rings (SSSR count). The molecule has 3 atom stereocenters. The maximum Gasteiger partial charge on any atom is 0.133 e. The number of hydrogen-bond donors (Lipinski definition) is 2. The van der Waals surface area contributed by atoms with Crippen LogP contribution in [0.2, 0.25) is 0 Å². The van der Waals surface area contributed by atoms with Crippen LogP contribution in [-0.2, 0) is 4.84 Å². The SMILES string of the molecule is CCC(C)C1NOC(C(C)C)N1. The predicted molar refractivity (Wildman–Crippen MR) is 49.2 cm³/mol. The van der Waals surface area contributed by atoms with Gasteiger partial charge in [-0.15, -0.1) is 0 Å². The Hall–Kier alpha value is -0.120. The third-order valence-corrected chi connectivity index (χ3v) is 2.48. The normalized spacial score (nSPS) is 32.8. The maximum atomic E-state index is 5.39. The average molecular weight is 172 g/mol. The zero-order chi connectivity index (χ0) is 9.14. The van der Waals surface area contributed by atoms with Gasteiger partial charge in [0.25, 0.3) is 0 Å². The highest BCUT2D eigenvalue weighted by Crippen LogP contribution is 2.14. The van der Waals surface area contributed by atoms with Crippen LogP contribution in [0, 0.1) is 11.8 Å². The Bertz CT molecular complexity index is 138. The quantitative estimate of drug-likeness (QED) is 0.676. The molecule has 2 N–H and O–H groups in total. The van der Waals surface area contributed by atoms with Gasteiger partial charge in [0, 0.05) is 0 Å². The molecule has 1 heterocycles. The summed E-state index contributed by atoms with van der Waals surface area (Å²) >= 11 is 0. The summed E-state index contributed by atoms with van der Waals surface area (Å²) in [4.78, 5) is 5.39. The van der Waals surface area contributed by atoms with E-state index in [9.17, 15) is 0 Å². The van der Waals surface area contributed by atoms with Crippen LogP contribution in [0.15, 0.2) is 0 Å². The first kappa shape index (κ1) is 9.96. The Morgan fingerprint density at radius 3 is 2.42 bits per heavy atom. The highest BCUT2D eigenvalue weighted by Gasteiger charge is 2.29. The van der Waals surface area contributed by atoms with Crippen LogP contribution in [0.5, 0.6) is 0 Å². The fourth-order valence-electron chi connectivity index (χ4n) is 1.24. The molecule has 3 unspecified atom stereocenters. The molecule has 0 spiro atoms. The summed E-state index contributed by atoms with van der Waals surface area (Å²) in [5, 5.41) is 3.41. The lowest BCUT2D eigenvalue weighted by Gasteiger charge is -2.17. The molecule has 72 valence electrons. The van der Waals surface area contributed by atoms with Crippen molar-refractivity contribution >= 4 is 0 Å². The van der Waals surface area contributed by atoms with E-state index < -0.39 is 0 Å². The standard InChI is InChI=1S/C9H20N2O/c1-5-7(4)8-10-9(6(2)3)12-11-8/h6-11H,5H2,1-4H3. The number of rotatable bonds is 3. The number of hydroxylamine groups is 1. The fourth-order valence-corrected chi connectivity index (χ4v) is 1.24. The number of hydrogen-bond acceptors (Lipinski definition) is 3. The molecule has 0 aromatic heterocycles. The third kappa shape index (κ3) is 2.19. The summed E-state index contributed by atoms with van der Waals surface area (Å²) in [7, 11) is 0. The first-order valence-electron chi connectivity index (χ1n) is 4.82. The van der Waals surface area contributed by atoms with Gasteiger partial charge in [0.1, 0.15) is 6.23 Å².